The molecular weight excluding hydrogens is 241 g/mol. The number of para-hydroxylation sites is 1. The van der Waals surface area contributed by atoms with Crippen molar-refractivity contribution in [2.24, 2.45) is 0 Å². The Bertz CT molecular complexity index is 590. The minimum Gasteiger partial charge on any atom is -0.322 e. The first-order chi connectivity index (χ1) is 9.20. The van der Waals surface area contributed by atoms with E-state index in [1.165, 1.54) is 24.3 Å². The van der Waals surface area contributed by atoms with E-state index in [1.54, 1.807) is 6.08 Å². The van der Waals surface area contributed by atoms with Crippen molar-refractivity contribution in [1.29, 1.82) is 0 Å². The fourth-order valence-corrected chi connectivity index (χ4v) is 1.77. The molecular formula is C16H14FNO. The molecule has 0 aliphatic heterocycles. The van der Waals surface area contributed by atoms with Gasteiger partial charge in [-0.2, -0.15) is 0 Å². The standard InChI is InChI=1S/C16H14FNO/c1-2-5-12-6-3-4-7-15(12)18-16(19)13-8-10-14(17)11-9-13/h2-4,6-11H,1,5H2,(H,18,19). The maximum absolute atomic E-state index is 12.8. The van der Waals surface area contributed by atoms with Gasteiger partial charge in [0.15, 0.2) is 0 Å². The smallest absolute Gasteiger partial charge is 0.255 e. The number of allylic oxidation sites excluding steroid dienone is 1. The highest BCUT2D eigenvalue weighted by atomic mass is 19.1. The number of benzene rings is 2. The average Bonchev–Trinajstić information content (AvgIpc) is 2.42. The Hall–Kier alpha value is -2.42. The SMILES string of the molecule is C=CCc1ccccc1NC(=O)c1ccc(F)cc1. The molecule has 0 radical (unpaired) electrons. The molecule has 0 fully saturated rings. The van der Waals surface area contributed by atoms with E-state index in [0.717, 1.165) is 11.3 Å². The van der Waals surface area contributed by atoms with Crippen LogP contribution in [0, 0.1) is 5.82 Å². The van der Waals surface area contributed by atoms with Crippen LogP contribution in [0.1, 0.15) is 15.9 Å². The normalized spacial score (nSPS) is 9.95. The van der Waals surface area contributed by atoms with Crippen molar-refractivity contribution in [2.45, 2.75) is 6.42 Å². The van der Waals surface area contributed by atoms with Gasteiger partial charge in [-0.15, -0.1) is 6.58 Å². The Balaban J connectivity index is 2.19. The van der Waals surface area contributed by atoms with E-state index < -0.39 is 0 Å². The molecule has 2 rings (SSSR count). The minimum absolute atomic E-state index is 0.253. The molecule has 19 heavy (non-hydrogen) atoms. The first-order valence-corrected chi connectivity index (χ1v) is 5.96. The summed E-state index contributed by atoms with van der Waals surface area (Å²) in [5.74, 6) is -0.611. The van der Waals surface area contributed by atoms with Crippen LogP contribution in [-0.4, -0.2) is 5.91 Å². The third-order valence-electron chi connectivity index (χ3n) is 2.74. The number of nitrogens with one attached hydrogen (secondary N) is 1. The minimum atomic E-state index is -0.358. The van der Waals surface area contributed by atoms with Crippen LogP contribution >= 0.6 is 0 Å². The van der Waals surface area contributed by atoms with Crippen LogP contribution in [0.4, 0.5) is 10.1 Å². The molecule has 1 amide bonds. The predicted molar refractivity (Wildman–Crippen MR) is 74.7 cm³/mol. The van der Waals surface area contributed by atoms with Crippen molar-refractivity contribution >= 4 is 11.6 Å². The monoisotopic (exact) mass is 255 g/mol. The molecule has 2 nitrogen and oxygen atoms in total. The summed E-state index contributed by atoms with van der Waals surface area (Å²) in [5, 5.41) is 2.82. The van der Waals surface area contributed by atoms with Crippen LogP contribution in [0.15, 0.2) is 61.2 Å². The Morgan fingerprint density at radius 1 is 1.16 bits per heavy atom. The number of carbonyl (C=O) groups is 1. The van der Waals surface area contributed by atoms with Crippen LogP contribution in [0.3, 0.4) is 0 Å². The summed E-state index contributed by atoms with van der Waals surface area (Å²) in [6.45, 7) is 3.69. The summed E-state index contributed by atoms with van der Waals surface area (Å²) in [4.78, 5) is 12.0. The quantitative estimate of drug-likeness (QED) is 0.827. The van der Waals surface area contributed by atoms with Gasteiger partial charge in [0, 0.05) is 11.3 Å². The van der Waals surface area contributed by atoms with E-state index in [-0.39, 0.29) is 11.7 Å². The highest BCUT2D eigenvalue weighted by molar-refractivity contribution is 6.04. The number of hydrogen-bond acceptors (Lipinski definition) is 1. The highest BCUT2D eigenvalue weighted by Crippen LogP contribution is 2.17. The second kappa shape index (κ2) is 5.96. The van der Waals surface area contributed by atoms with Crippen LogP contribution in [0.25, 0.3) is 0 Å². The Labute approximate surface area is 111 Å². The molecule has 0 heterocycles. The van der Waals surface area contributed by atoms with Gasteiger partial charge < -0.3 is 5.32 Å². The van der Waals surface area contributed by atoms with Gasteiger partial charge in [0.25, 0.3) is 5.91 Å². The molecule has 0 aromatic heterocycles. The number of carbonyl (C=O) groups excluding carboxylic acids is 1. The molecule has 0 unspecified atom stereocenters. The number of halogens is 1. The zero-order chi connectivity index (χ0) is 13.7. The third-order valence-corrected chi connectivity index (χ3v) is 2.74. The van der Waals surface area contributed by atoms with Crippen molar-refractivity contribution < 1.29 is 9.18 Å². The molecule has 0 aliphatic carbocycles. The lowest BCUT2D eigenvalue weighted by atomic mass is 10.1. The molecule has 0 saturated heterocycles. The Kier molecular flexibility index (Phi) is 4.08. The number of amides is 1. The molecule has 0 bridgehead atoms. The first kappa shape index (κ1) is 13.0. The summed E-state index contributed by atoms with van der Waals surface area (Å²) >= 11 is 0. The van der Waals surface area contributed by atoms with Crippen LogP contribution in [-0.2, 0) is 6.42 Å². The number of rotatable bonds is 4. The lowest BCUT2D eigenvalue weighted by Gasteiger charge is -2.09. The summed E-state index contributed by atoms with van der Waals surface area (Å²) < 4.78 is 12.8. The van der Waals surface area contributed by atoms with Crippen LogP contribution in [0.2, 0.25) is 0 Å². The summed E-state index contributed by atoms with van der Waals surface area (Å²) in [5.41, 5.74) is 2.17. The molecule has 3 heteroatoms. The molecule has 0 spiro atoms. The molecule has 96 valence electrons. The average molecular weight is 255 g/mol. The van der Waals surface area contributed by atoms with Crippen molar-refractivity contribution in [2.75, 3.05) is 5.32 Å². The molecule has 2 aromatic carbocycles. The van der Waals surface area contributed by atoms with Gasteiger partial charge in [0.05, 0.1) is 0 Å². The third kappa shape index (κ3) is 3.28. The van der Waals surface area contributed by atoms with Crippen molar-refractivity contribution in [3.63, 3.8) is 0 Å². The predicted octanol–water partition coefficient (Wildman–Crippen LogP) is 3.81. The molecule has 1 N–H and O–H groups in total. The van der Waals surface area contributed by atoms with Crippen molar-refractivity contribution in [3.8, 4) is 0 Å². The molecule has 0 saturated carbocycles. The summed E-state index contributed by atoms with van der Waals surface area (Å²) in [6.07, 6.45) is 2.46. The van der Waals surface area contributed by atoms with Gasteiger partial charge in [-0.3, -0.25) is 4.79 Å². The van der Waals surface area contributed by atoms with E-state index in [9.17, 15) is 9.18 Å². The highest BCUT2D eigenvalue weighted by Gasteiger charge is 2.08. The topological polar surface area (TPSA) is 29.1 Å². The first-order valence-electron chi connectivity index (χ1n) is 5.96. The maximum atomic E-state index is 12.8. The summed E-state index contributed by atoms with van der Waals surface area (Å²) in [7, 11) is 0. The second-order valence-electron chi connectivity index (χ2n) is 4.11. The second-order valence-corrected chi connectivity index (χ2v) is 4.11. The molecule has 2 aromatic rings. The van der Waals surface area contributed by atoms with Gasteiger partial charge >= 0.3 is 0 Å². The number of hydrogen-bond donors (Lipinski definition) is 1. The van der Waals surface area contributed by atoms with E-state index >= 15 is 0 Å². The Morgan fingerprint density at radius 2 is 1.84 bits per heavy atom. The largest absolute Gasteiger partial charge is 0.322 e. The van der Waals surface area contributed by atoms with Crippen LogP contribution in [0.5, 0.6) is 0 Å². The lowest BCUT2D eigenvalue weighted by molar-refractivity contribution is 0.102. The van der Waals surface area contributed by atoms with E-state index in [2.05, 4.69) is 11.9 Å². The fraction of sp³-hybridized carbons (Fsp3) is 0.0625. The maximum Gasteiger partial charge on any atom is 0.255 e. The van der Waals surface area contributed by atoms with Crippen LogP contribution < -0.4 is 5.32 Å². The number of anilines is 1. The lowest BCUT2D eigenvalue weighted by Crippen LogP contribution is -2.13. The van der Waals surface area contributed by atoms with Crippen molar-refractivity contribution in [1.82, 2.24) is 0 Å². The van der Waals surface area contributed by atoms with Crippen molar-refractivity contribution in [3.05, 3.63) is 78.1 Å². The Morgan fingerprint density at radius 3 is 2.53 bits per heavy atom. The summed E-state index contributed by atoms with van der Waals surface area (Å²) in [6, 6.07) is 13.0. The van der Waals surface area contributed by atoms with Gasteiger partial charge in [0.1, 0.15) is 5.82 Å². The van der Waals surface area contributed by atoms with E-state index in [0.29, 0.717) is 12.0 Å². The zero-order valence-electron chi connectivity index (χ0n) is 10.4. The zero-order valence-corrected chi connectivity index (χ0v) is 10.4. The fourth-order valence-electron chi connectivity index (χ4n) is 1.77. The van der Waals surface area contributed by atoms with Gasteiger partial charge in [-0.05, 0) is 42.3 Å². The van der Waals surface area contributed by atoms with E-state index in [1.807, 2.05) is 24.3 Å². The molecule has 0 aliphatic rings. The van der Waals surface area contributed by atoms with Gasteiger partial charge in [0.2, 0.25) is 0 Å². The molecule has 0 atom stereocenters. The van der Waals surface area contributed by atoms with Gasteiger partial charge in [-0.1, -0.05) is 24.3 Å². The van der Waals surface area contributed by atoms with Gasteiger partial charge in [-0.25, -0.2) is 4.39 Å². The van der Waals surface area contributed by atoms with E-state index in [4.69, 9.17) is 0 Å².